The van der Waals surface area contributed by atoms with Gasteiger partial charge in [0, 0.05) is 17.6 Å². The number of nitrogens with zero attached hydrogens (tertiary/aromatic N) is 1. The van der Waals surface area contributed by atoms with Gasteiger partial charge in [0.15, 0.2) is 5.96 Å². The Kier molecular flexibility index (Phi) is 6.94. The largest absolute Gasteiger partial charge is 0.370 e. The van der Waals surface area contributed by atoms with E-state index in [1.807, 2.05) is 13.8 Å². The van der Waals surface area contributed by atoms with Crippen LogP contribution in [0.3, 0.4) is 0 Å². The summed E-state index contributed by atoms with van der Waals surface area (Å²) >= 11 is 5.78. The second-order valence-electron chi connectivity index (χ2n) is 4.58. The Morgan fingerprint density at radius 2 is 2.19 bits per heavy atom. The topological polar surface area (TPSA) is 96.6 Å². The maximum Gasteiger partial charge on any atom is 0.240 e. The fraction of sp³-hybridized carbons (Fsp3) is 0.462. The van der Waals surface area contributed by atoms with Gasteiger partial charge in [-0.05, 0) is 31.5 Å². The van der Waals surface area contributed by atoms with Crippen LogP contribution in [0, 0.1) is 0 Å². The Bertz CT molecular complexity index is 590. The van der Waals surface area contributed by atoms with Crippen LogP contribution in [0.1, 0.15) is 20.3 Å². The molecule has 118 valence electrons. The summed E-state index contributed by atoms with van der Waals surface area (Å²) in [7, 11) is -3.57. The predicted octanol–water partition coefficient (Wildman–Crippen LogP) is 1.32. The van der Waals surface area contributed by atoms with Crippen molar-refractivity contribution < 1.29 is 8.42 Å². The molecule has 0 aliphatic rings. The predicted molar refractivity (Wildman–Crippen MR) is 86.0 cm³/mol. The van der Waals surface area contributed by atoms with E-state index in [0.717, 1.165) is 6.42 Å². The third-order valence-corrected chi connectivity index (χ3v) is 4.49. The molecule has 4 N–H and O–H groups in total. The number of nitrogens with two attached hydrogens (primary N) is 1. The molecule has 0 saturated carbocycles. The minimum Gasteiger partial charge on any atom is -0.370 e. The maximum atomic E-state index is 12.0. The molecule has 0 radical (unpaired) electrons. The monoisotopic (exact) mass is 332 g/mol. The van der Waals surface area contributed by atoms with Crippen LogP contribution in [-0.2, 0) is 10.0 Å². The van der Waals surface area contributed by atoms with Crippen LogP contribution >= 0.6 is 11.6 Å². The summed E-state index contributed by atoms with van der Waals surface area (Å²) in [6, 6.07) is 6.31. The minimum absolute atomic E-state index is 0.129. The molecule has 0 spiro atoms. The van der Waals surface area contributed by atoms with Gasteiger partial charge in [-0.1, -0.05) is 24.6 Å². The number of sulfonamides is 1. The van der Waals surface area contributed by atoms with Crippen LogP contribution in [-0.4, -0.2) is 33.5 Å². The van der Waals surface area contributed by atoms with E-state index in [2.05, 4.69) is 15.0 Å². The van der Waals surface area contributed by atoms with Crippen molar-refractivity contribution in [2.45, 2.75) is 31.2 Å². The van der Waals surface area contributed by atoms with Crippen LogP contribution in [0.4, 0.5) is 0 Å². The van der Waals surface area contributed by atoms with Crippen LogP contribution in [0.5, 0.6) is 0 Å². The highest BCUT2D eigenvalue weighted by Gasteiger charge is 2.13. The highest BCUT2D eigenvalue weighted by Crippen LogP contribution is 2.14. The molecule has 0 bridgehead atoms. The number of hydrogen-bond acceptors (Lipinski definition) is 3. The lowest BCUT2D eigenvalue weighted by atomic mass is 10.3. The molecule has 1 aromatic carbocycles. The molecule has 0 aromatic heterocycles. The van der Waals surface area contributed by atoms with Crippen LogP contribution in [0.25, 0.3) is 0 Å². The summed E-state index contributed by atoms with van der Waals surface area (Å²) < 4.78 is 26.4. The molecule has 1 aromatic rings. The van der Waals surface area contributed by atoms with E-state index in [9.17, 15) is 8.42 Å². The zero-order valence-electron chi connectivity index (χ0n) is 12.1. The molecule has 1 atom stereocenters. The van der Waals surface area contributed by atoms with Crippen molar-refractivity contribution in [3.8, 4) is 0 Å². The molecule has 21 heavy (non-hydrogen) atoms. The second kappa shape index (κ2) is 8.21. The molecule has 6 nitrogen and oxygen atoms in total. The SMILES string of the molecule is CCC(C)NC(N)=NCCNS(=O)(=O)c1cccc(Cl)c1. The highest BCUT2D eigenvalue weighted by molar-refractivity contribution is 7.89. The summed E-state index contributed by atoms with van der Waals surface area (Å²) in [5.74, 6) is 0.311. The molecular weight excluding hydrogens is 312 g/mol. The van der Waals surface area contributed by atoms with Gasteiger partial charge >= 0.3 is 0 Å². The average Bonchev–Trinajstić information content (AvgIpc) is 2.43. The van der Waals surface area contributed by atoms with Gasteiger partial charge in [-0.3, -0.25) is 4.99 Å². The molecular formula is C13H21ClN4O2S. The molecule has 0 heterocycles. The lowest BCUT2D eigenvalue weighted by molar-refractivity contribution is 0.582. The van der Waals surface area contributed by atoms with E-state index in [0.29, 0.717) is 11.0 Å². The average molecular weight is 333 g/mol. The van der Waals surface area contributed by atoms with Gasteiger partial charge in [-0.15, -0.1) is 0 Å². The van der Waals surface area contributed by atoms with Crippen molar-refractivity contribution in [1.29, 1.82) is 0 Å². The fourth-order valence-electron chi connectivity index (χ4n) is 1.47. The van der Waals surface area contributed by atoms with E-state index < -0.39 is 10.0 Å². The molecule has 0 saturated heterocycles. The fourth-order valence-corrected chi connectivity index (χ4v) is 2.80. The molecule has 0 aliphatic heterocycles. The first kappa shape index (κ1) is 17.7. The van der Waals surface area contributed by atoms with Crippen molar-refractivity contribution in [3.05, 3.63) is 29.3 Å². The zero-order chi connectivity index (χ0) is 15.9. The van der Waals surface area contributed by atoms with Gasteiger partial charge in [0.25, 0.3) is 0 Å². The quantitative estimate of drug-likeness (QED) is 0.398. The maximum absolute atomic E-state index is 12.0. The standard InChI is InChI=1S/C13H21ClN4O2S/c1-3-10(2)18-13(15)16-7-8-17-21(19,20)12-6-4-5-11(14)9-12/h4-6,9-10,17H,3,7-8H2,1-2H3,(H3,15,16,18). The van der Waals surface area contributed by atoms with E-state index in [-0.39, 0.29) is 24.0 Å². The first-order chi connectivity index (χ1) is 9.85. The summed E-state index contributed by atoms with van der Waals surface area (Å²) in [6.45, 7) is 4.45. The summed E-state index contributed by atoms with van der Waals surface area (Å²) in [6.07, 6.45) is 0.928. The Morgan fingerprint density at radius 3 is 2.81 bits per heavy atom. The van der Waals surface area contributed by atoms with Crippen LogP contribution in [0.15, 0.2) is 34.2 Å². The van der Waals surface area contributed by atoms with E-state index in [4.69, 9.17) is 17.3 Å². The first-order valence-corrected chi connectivity index (χ1v) is 8.53. The highest BCUT2D eigenvalue weighted by atomic mass is 35.5. The minimum atomic E-state index is -3.57. The second-order valence-corrected chi connectivity index (χ2v) is 6.78. The Morgan fingerprint density at radius 1 is 1.48 bits per heavy atom. The smallest absolute Gasteiger partial charge is 0.240 e. The lowest BCUT2D eigenvalue weighted by Gasteiger charge is -2.11. The van der Waals surface area contributed by atoms with Gasteiger partial charge < -0.3 is 11.1 Å². The van der Waals surface area contributed by atoms with Crippen molar-refractivity contribution in [1.82, 2.24) is 10.0 Å². The zero-order valence-corrected chi connectivity index (χ0v) is 13.7. The first-order valence-electron chi connectivity index (χ1n) is 6.67. The van der Waals surface area contributed by atoms with Crippen molar-refractivity contribution >= 4 is 27.6 Å². The number of aliphatic imine (C=N–C) groups is 1. The summed E-state index contributed by atoms with van der Waals surface area (Å²) in [5.41, 5.74) is 5.68. The number of hydrogen-bond donors (Lipinski definition) is 3. The molecule has 0 fully saturated rings. The number of halogens is 1. The van der Waals surface area contributed by atoms with Gasteiger partial charge in [0.2, 0.25) is 10.0 Å². The van der Waals surface area contributed by atoms with Gasteiger partial charge in [0.1, 0.15) is 0 Å². The normalized spacial score (nSPS) is 14.0. The molecule has 0 amide bonds. The number of rotatable bonds is 7. The third-order valence-electron chi connectivity index (χ3n) is 2.80. The van der Waals surface area contributed by atoms with Gasteiger partial charge in [0.05, 0.1) is 11.4 Å². The van der Waals surface area contributed by atoms with E-state index >= 15 is 0 Å². The summed E-state index contributed by atoms with van der Waals surface area (Å²) in [5, 5.41) is 3.37. The lowest BCUT2D eigenvalue weighted by Crippen LogP contribution is -2.38. The number of guanidine groups is 1. The molecule has 0 aliphatic carbocycles. The molecule has 1 rings (SSSR count). The van der Waals surface area contributed by atoms with Crippen molar-refractivity contribution in [2.24, 2.45) is 10.7 Å². The van der Waals surface area contributed by atoms with E-state index in [1.54, 1.807) is 12.1 Å². The Hall–Kier alpha value is -1.31. The number of benzene rings is 1. The van der Waals surface area contributed by atoms with Gasteiger partial charge in [-0.25, -0.2) is 13.1 Å². The van der Waals surface area contributed by atoms with Gasteiger partial charge in [-0.2, -0.15) is 0 Å². The van der Waals surface area contributed by atoms with Crippen LogP contribution in [0.2, 0.25) is 5.02 Å². The molecule has 8 heteroatoms. The Balaban J connectivity index is 2.50. The van der Waals surface area contributed by atoms with Crippen molar-refractivity contribution in [2.75, 3.05) is 13.1 Å². The van der Waals surface area contributed by atoms with Crippen molar-refractivity contribution in [3.63, 3.8) is 0 Å². The van der Waals surface area contributed by atoms with Crippen LogP contribution < -0.4 is 15.8 Å². The molecule has 1 unspecified atom stereocenters. The summed E-state index contributed by atoms with van der Waals surface area (Å²) in [4.78, 5) is 4.19. The Labute approximate surface area is 130 Å². The number of nitrogens with one attached hydrogen (secondary N) is 2. The van der Waals surface area contributed by atoms with E-state index in [1.165, 1.54) is 12.1 Å². The third kappa shape index (κ3) is 6.33.